The van der Waals surface area contributed by atoms with Crippen LogP contribution >= 0.6 is 0 Å². The predicted octanol–water partition coefficient (Wildman–Crippen LogP) is 3.07. The van der Waals surface area contributed by atoms with Gasteiger partial charge in [-0.15, -0.1) is 0 Å². The molecule has 2 unspecified atom stereocenters. The maximum Gasteiger partial charge on any atom is 0.270 e. The van der Waals surface area contributed by atoms with E-state index in [0.29, 0.717) is 18.0 Å². The number of benzene rings is 1. The molecule has 1 aromatic carbocycles. The molecule has 0 spiro atoms. The molecule has 5 heteroatoms. The Kier molecular flexibility index (Phi) is 2.57. The van der Waals surface area contributed by atoms with Crippen LogP contribution in [0.1, 0.15) is 37.2 Å². The number of rotatable bonds is 2. The molecule has 1 aromatic heterocycles. The van der Waals surface area contributed by atoms with Crippen LogP contribution in [0.4, 0.5) is 5.69 Å². The largest absolute Gasteiger partial charge is 0.361 e. The van der Waals surface area contributed by atoms with Gasteiger partial charge in [0.25, 0.3) is 5.69 Å². The Morgan fingerprint density at radius 2 is 1.95 bits per heavy atom. The minimum Gasteiger partial charge on any atom is -0.361 e. The van der Waals surface area contributed by atoms with Gasteiger partial charge in [0.2, 0.25) is 0 Å². The molecule has 20 heavy (non-hydrogen) atoms. The van der Waals surface area contributed by atoms with E-state index in [1.807, 2.05) is 12.3 Å². The minimum atomic E-state index is -0.317. The van der Waals surface area contributed by atoms with Crippen molar-refractivity contribution < 1.29 is 4.92 Å². The van der Waals surface area contributed by atoms with Gasteiger partial charge in [-0.05, 0) is 43.2 Å². The summed E-state index contributed by atoms with van der Waals surface area (Å²) in [5.41, 5.74) is 2.42. The topological polar surface area (TPSA) is 71.0 Å². The quantitative estimate of drug-likeness (QED) is 0.651. The zero-order valence-corrected chi connectivity index (χ0v) is 11.1. The molecule has 3 heterocycles. The van der Waals surface area contributed by atoms with Gasteiger partial charge in [-0.25, -0.2) is 0 Å². The first-order chi connectivity index (χ1) is 9.70. The number of nitrogens with zero attached hydrogens (tertiary/aromatic N) is 1. The zero-order valence-electron chi connectivity index (χ0n) is 11.1. The summed E-state index contributed by atoms with van der Waals surface area (Å²) in [6.45, 7) is 0. The molecule has 2 saturated heterocycles. The first-order valence-corrected chi connectivity index (χ1v) is 7.22. The summed E-state index contributed by atoms with van der Waals surface area (Å²) in [5, 5.41) is 15.6. The number of nitro benzene ring substituents is 1. The van der Waals surface area contributed by atoms with Gasteiger partial charge in [-0.1, -0.05) is 0 Å². The van der Waals surface area contributed by atoms with Crippen LogP contribution in [0, 0.1) is 10.1 Å². The van der Waals surface area contributed by atoms with Crippen LogP contribution in [0.3, 0.4) is 0 Å². The Hall–Kier alpha value is -1.88. The number of aromatic amines is 1. The summed E-state index contributed by atoms with van der Waals surface area (Å²) in [7, 11) is 0. The molecule has 2 fully saturated rings. The summed E-state index contributed by atoms with van der Waals surface area (Å²) in [6.07, 6.45) is 6.87. The highest BCUT2D eigenvalue weighted by atomic mass is 16.6. The number of hydrogen-bond acceptors (Lipinski definition) is 3. The fourth-order valence-electron chi connectivity index (χ4n) is 3.89. The molecule has 4 rings (SSSR count). The predicted molar refractivity (Wildman–Crippen MR) is 76.9 cm³/mol. The normalized spacial score (nSPS) is 28.9. The molecule has 2 aliphatic rings. The summed E-state index contributed by atoms with van der Waals surface area (Å²) in [6, 6.07) is 6.34. The maximum atomic E-state index is 11.0. The van der Waals surface area contributed by atoms with Gasteiger partial charge in [0, 0.05) is 41.3 Å². The van der Waals surface area contributed by atoms with E-state index in [4.69, 9.17) is 0 Å². The van der Waals surface area contributed by atoms with Crippen molar-refractivity contribution in [3.8, 4) is 0 Å². The summed E-state index contributed by atoms with van der Waals surface area (Å²) in [5.74, 6) is 0.518. The molecule has 0 saturated carbocycles. The van der Waals surface area contributed by atoms with E-state index < -0.39 is 0 Å². The van der Waals surface area contributed by atoms with E-state index in [0.717, 1.165) is 23.7 Å². The highest BCUT2D eigenvalue weighted by molar-refractivity contribution is 5.86. The number of nitrogens with one attached hydrogen (secondary N) is 2. The van der Waals surface area contributed by atoms with E-state index in [9.17, 15) is 10.1 Å². The van der Waals surface area contributed by atoms with Gasteiger partial charge in [-0.2, -0.15) is 0 Å². The Morgan fingerprint density at radius 3 is 2.65 bits per heavy atom. The standard InChI is InChI=1S/C15H17N3O2/c19-18(20)12-3-4-15-13(7-12)14(8-16-15)9-5-10-1-2-11(6-9)17-10/h3-4,7-11,16-17H,1-2,5-6H2. The van der Waals surface area contributed by atoms with E-state index in [-0.39, 0.29) is 10.6 Å². The molecule has 2 aromatic rings. The summed E-state index contributed by atoms with van der Waals surface area (Å²) < 4.78 is 0. The lowest BCUT2D eigenvalue weighted by atomic mass is 9.86. The third-order valence-electron chi connectivity index (χ3n) is 4.82. The van der Waals surface area contributed by atoms with Gasteiger partial charge in [0.1, 0.15) is 0 Å². The third kappa shape index (κ3) is 1.81. The first kappa shape index (κ1) is 11.9. The van der Waals surface area contributed by atoms with Crippen molar-refractivity contribution in [1.82, 2.24) is 10.3 Å². The van der Waals surface area contributed by atoms with Crippen molar-refractivity contribution in [3.05, 3.63) is 40.1 Å². The van der Waals surface area contributed by atoms with Crippen LogP contribution in [-0.2, 0) is 0 Å². The van der Waals surface area contributed by atoms with E-state index in [1.54, 1.807) is 12.1 Å². The lowest BCUT2D eigenvalue weighted by molar-refractivity contribution is -0.384. The second-order valence-electron chi connectivity index (χ2n) is 6.04. The Balaban J connectivity index is 1.75. The molecule has 5 nitrogen and oxygen atoms in total. The van der Waals surface area contributed by atoms with E-state index in [2.05, 4.69) is 10.3 Å². The van der Waals surface area contributed by atoms with Gasteiger partial charge < -0.3 is 10.3 Å². The number of fused-ring (bicyclic) bond motifs is 3. The van der Waals surface area contributed by atoms with Crippen LogP contribution < -0.4 is 5.32 Å². The average Bonchev–Trinajstić information content (AvgIpc) is 3.01. The highest BCUT2D eigenvalue weighted by Crippen LogP contribution is 2.40. The number of aromatic nitrogens is 1. The van der Waals surface area contributed by atoms with Crippen LogP contribution in [0.5, 0.6) is 0 Å². The summed E-state index contributed by atoms with van der Waals surface area (Å²) >= 11 is 0. The molecule has 0 amide bonds. The van der Waals surface area contributed by atoms with Crippen LogP contribution in [0.25, 0.3) is 10.9 Å². The van der Waals surface area contributed by atoms with Crippen LogP contribution in [0.2, 0.25) is 0 Å². The zero-order chi connectivity index (χ0) is 13.7. The highest BCUT2D eigenvalue weighted by Gasteiger charge is 2.35. The molecular weight excluding hydrogens is 254 g/mol. The van der Waals surface area contributed by atoms with E-state index >= 15 is 0 Å². The number of H-pyrrole nitrogens is 1. The molecule has 2 N–H and O–H groups in total. The maximum absolute atomic E-state index is 11.0. The molecule has 2 aliphatic heterocycles. The molecule has 0 aliphatic carbocycles. The van der Waals surface area contributed by atoms with Gasteiger partial charge in [0.05, 0.1) is 4.92 Å². The van der Waals surface area contributed by atoms with Gasteiger partial charge >= 0.3 is 0 Å². The van der Waals surface area contributed by atoms with Gasteiger partial charge in [-0.3, -0.25) is 10.1 Å². The van der Waals surface area contributed by atoms with Crippen molar-refractivity contribution in [2.75, 3.05) is 0 Å². The Labute approximate surface area is 116 Å². The second-order valence-corrected chi connectivity index (χ2v) is 6.04. The molecular formula is C15H17N3O2. The van der Waals surface area contributed by atoms with Crippen molar-refractivity contribution in [2.45, 2.75) is 43.7 Å². The van der Waals surface area contributed by atoms with Crippen LogP contribution in [-0.4, -0.2) is 22.0 Å². The minimum absolute atomic E-state index is 0.176. The van der Waals surface area contributed by atoms with Gasteiger partial charge in [0.15, 0.2) is 0 Å². The summed E-state index contributed by atoms with van der Waals surface area (Å²) in [4.78, 5) is 13.9. The average molecular weight is 271 g/mol. The lowest BCUT2D eigenvalue weighted by Crippen LogP contribution is -2.37. The number of nitro groups is 1. The third-order valence-corrected chi connectivity index (χ3v) is 4.82. The Morgan fingerprint density at radius 1 is 1.20 bits per heavy atom. The van der Waals surface area contributed by atoms with Crippen molar-refractivity contribution >= 4 is 16.6 Å². The number of non-ortho nitro benzene ring substituents is 1. The van der Waals surface area contributed by atoms with Crippen molar-refractivity contribution in [3.63, 3.8) is 0 Å². The molecule has 2 bridgehead atoms. The van der Waals surface area contributed by atoms with E-state index in [1.165, 1.54) is 18.4 Å². The molecule has 2 atom stereocenters. The SMILES string of the molecule is O=[N+]([O-])c1ccc2[nH]cc(C3CC4CCC(C3)N4)c2c1. The monoisotopic (exact) mass is 271 g/mol. The fraction of sp³-hybridized carbons (Fsp3) is 0.467. The van der Waals surface area contributed by atoms with Crippen molar-refractivity contribution in [2.24, 2.45) is 0 Å². The van der Waals surface area contributed by atoms with Crippen LogP contribution in [0.15, 0.2) is 24.4 Å². The first-order valence-electron chi connectivity index (χ1n) is 7.22. The molecule has 0 radical (unpaired) electrons. The Bertz CT molecular complexity index is 667. The lowest BCUT2D eigenvalue weighted by Gasteiger charge is -2.28. The fourth-order valence-corrected chi connectivity index (χ4v) is 3.89. The number of hydrogen-bond donors (Lipinski definition) is 2. The smallest absolute Gasteiger partial charge is 0.270 e. The number of piperidine rings is 1. The second kappa shape index (κ2) is 4.31. The molecule has 104 valence electrons. The van der Waals surface area contributed by atoms with Crippen molar-refractivity contribution in [1.29, 1.82) is 0 Å².